The van der Waals surface area contributed by atoms with Crippen LogP contribution in [0, 0.1) is 11.6 Å². The van der Waals surface area contributed by atoms with Crippen molar-refractivity contribution in [1.82, 2.24) is 19.5 Å². The van der Waals surface area contributed by atoms with E-state index in [0.717, 1.165) is 53.8 Å². The summed E-state index contributed by atoms with van der Waals surface area (Å²) >= 11 is 6.02. The number of nitrogens with zero attached hydrogens (tertiary/aromatic N) is 4. The summed E-state index contributed by atoms with van der Waals surface area (Å²) in [7, 11) is 0. The molecule has 2 aromatic carbocycles. The molecule has 0 spiro atoms. The van der Waals surface area contributed by atoms with Crippen LogP contribution in [0.2, 0.25) is 5.15 Å². The third kappa shape index (κ3) is 4.35. The van der Waals surface area contributed by atoms with Crippen LogP contribution in [0.15, 0.2) is 48.9 Å². The average molecular weight is 509 g/mol. The summed E-state index contributed by atoms with van der Waals surface area (Å²) in [5, 5.41) is 7.12. The predicted molar refractivity (Wildman–Crippen MR) is 134 cm³/mol. The van der Waals surface area contributed by atoms with Gasteiger partial charge in [0, 0.05) is 42.0 Å². The fourth-order valence-electron chi connectivity index (χ4n) is 4.85. The number of imidazole rings is 1. The first-order valence-corrected chi connectivity index (χ1v) is 12.3. The van der Waals surface area contributed by atoms with E-state index in [1.165, 1.54) is 12.1 Å². The quantitative estimate of drug-likeness (QED) is 0.346. The van der Waals surface area contributed by atoms with Crippen LogP contribution in [-0.2, 0) is 6.42 Å². The molecule has 0 amide bonds. The van der Waals surface area contributed by atoms with Crippen molar-refractivity contribution in [3.8, 4) is 11.4 Å². The van der Waals surface area contributed by atoms with Gasteiger partial charge in [-0.1, -0.05) is 17.7 Å². The highest BCUT2D eigenvalue weighted by Crippen LogP contribution is 2.41. The first-order chi connectivity index (χ1) is 17.5. The summed E-state index contributed by atoms with van der Waals surface area (Å²) in [6.45, 7) is 1.26. The number of aromatic nitrogens is 4. The van der Waals surface area contributed by atoms with Crippen molar-refractivity contribution in [2.24, 2.45) is 0 Å². The molecule has 1 unspecified atom stereocenters. The Morgan fingerprint density at radius 1 is 1.08 bits per heavy atom. The molecule has 1 aliphatic heterocycles. The number of nitrogens with one attached hydrogen (secondary N) is 2. The summed E-state index contributed by atoms with van der Waals surface area (Å²) in [5.41, 5.74) is 3.75. The Balaban J connectivity index is 1.40. The normalized spacial score (nSPS) is 17.0. The van der Waals surface area contributed by atoms with Gasteiger partial charge in [-0.3, -0.25) is 0 Å². The maximum absolute atomic E-state index is 14.7. The molecular formula is C26H23ClF2N6O. The predicted octanol–water partition coefficient (Wildman–Crippen LogP) is 6.00. The molecule has 2 aliphatic rings. The Hall–Kier alpha value is -3.72. The smallest absolute Gasteiger partial charge is 0.229 e. The van der Waals surface area contributed by atoms with Crippen LogP contribution >= 0.6 is 11.6 Å². The zero-order valence-electron chi connectivity index (χ0n) is 19.3. The van der Waals surface area contributed by atoms with E-state index in [1.807, 2.05) is 22.8 Å². The van der Waals surface area contributed by atoms with Crippen LogP contribution in [0.5, 0.6) is 5.75 Å². The molecule has 36 heavy (non-hydrogen) atoms. The standard InChI is InChI=1S/C26H23ClF2N6O/c27-23-13-35(14-31-23)21-8-4-16-12-22(21)36-10-2-1-9-30-25-19-7-6-18(24(19)33-26(32-16)34-25)17-5-3-15(28)11-20(17)29/h3-5,8,11-14,18H,1-2,6-7,9-10H2,(H2,30,32,33,34). The van der Waals surface area contributed by atoms with Gasteiger partial charge in [0.1, 0.15) is 34.7 Å². The van der Waals surface area contributed by atoms with Crippen LogP contribution in [0.4, 0.5) is 26.2 Å². The van der Waals surface area contributed by atoms with E-state index < -0.39 is 11.6 Å². The third-order valence-corrected chi connectivity index (χ3v) is 6.75. The van der Waals surface area contributed by atoms with Gasteiger partial charge < -0.3 is 19.9 Å². The van der Waals surface area contributed by atoms with E-state index in [1.54, 1.807) is 12.5 Å². The maximum Gasteiger partial charge on any atom is 0.229 e. The number of benzene rings is 2. The number of anilines is 3. The molecule has 3 heterocycles. The van der Waals surface area contributed by atoms with Crippen molar-refractivity contribution < 1.29 is 13.5 Å². The highest BCUT2D eigenvalue weighted by molar-refractivity contribution is 6.29. The Morgan fingerprint density at radius 3 is 2.83 bits per heavy atom. The van der Waals surface area contributed by atoms with E-state index in [-0.39, 0.29) is 5.92 Å². The van der Waals surface area contributed by atoms with E-state index in [2.05, 4.69) is 15.6 Å². The molecule has 1 aliphatic carbocycles. The molecule has 7 nitrogen and oxygen atoms in total. The molecule has 1 atom stereocenters. The summed E-state index contributed by atoms with van der Waals surface area (Å²) in [6.07, 6.45) is 6.49. The van der Waals surface area contributed by atoms with Gasteiger partial charge in [0.25, 0.3) is 0 Å². The molecule has 4 bridgehead atoms. The summed E-state index contributed by atoms with van der Waals surface area (Å²) < 4.78 is 36.2. The zero-order valence-corrected chi connectivity index (χ0v) is 20.0. The van der Waals surface area contributed by atoms with Crippen LogP contribution in [0.3, 0.4) is 0 Å². The van der Waals surface area contributed by atoms with Crippen molar-refractivity contribution in [3.63, 3.8) is 0 Å². The number of halogens is 3. The average Bonchev–Trinajstić information content (AvgIpc) is 3.47. The fourth-order valence-corrected chi connectivity index (χ4v) is 5.00. The van der Waals surface area contributed by atoms with E-state index >= 15 is 0 Å². The lowest BCUT2D eigenvalue weighted by molar-refractivity contribution is 0.307. The lowest BCUT2D eigenvalue weighted by Crippen LogP contribution is -2.11. The second kappa shape index (κ2) is 9.39. The van der Waals surface area contributed by atoms with E-state index in [0.29, 0.717) is 42.0 Å². The van der Waals surface area contributed by atoms with Gasteiger partial charge in [0.05, 0.1) is 18.0 Å². The zero-order chi connectivity index (χ0) is 24.6. The first kappa shape index (κ1) is 22.7. The minimum absolute atomic E-state index is 0.271. The van der Waals surface area contributed by atoms with Gasteiger partial charge in [0.2, 0.25) is 5.95 Å². The molecule has 6 rings (SSSR count). The molecule has 0 saturated heterocycles. The topological polar surface area (TPSA) is 76.9 Å². The Labute approximate surface area is 211 Å². The van der Waals surface area contributed by atoms with Gasteiger partial charge in [0.15, 0.2) is 0 Å². The lowest BCUT2D eigenvalue weighted by Gasteiger charge is -2.16. The summed E-state index contributed by atoms with van der Waals surface area (Å²) in [6, 6.07) is 9.44. The van der Waals surface area contributed by atoms with Crippen molar-refractivity contribution in [2.45, 2.75) is 31.6 Å². The van der Waals surface area contributed by atoms with Crippen molar-refractivity contribution in [2.75, 3.05) is 23.8 Å². The number of hydrogen-bond donors (Lipinski definition) is 2. The fraction of sp³-hybridized carbons (Fsp3) is 0.269. The second-order valence-corrected chi connectivity index (χ2v) is 9.30. The second-order valence-electron chi connectivity index (χ2n) is 8.91. The highest BCUT2D eigenvalue weighted by Gasteiger charge is 2.31. The maximum atomic E-state index is 14.7. The molecule has 10 heteroatoms. The van der Waals surface area contributed by atoms with Crippen LogP contribution in [-0.4, -0.2) is 32.7 Å². The Bertz CT molecular complexity index is 1440. The lowest BCUT2D eigenvalue weighted by atomic mass is 9.96. The van der Waals surface area contributed by atoms with Crippen LogP contribution in [0.25, 0.3) is 5.69 Å². The summed E-state index contributed by atoms with van der Waals surface area (Å²) in [5.74, 6) is 0.401. The number of ether oxygens (including phenoxy) is 1. The largest absolute Gasteiger partial charge is 0.491 e. The van der Waals surface area contributed by atoms with Crippen molar-refractivity contribution in [3.05, 3.63) is 82.5 Å². The van der Waals surface area contributed by atoms with Gasteiger partial charge in [-0.25, -0.2) is 18.7 Å². The summed E-state index contributed by atoms with van der Waals surface area (Å²) in [4.78, 5) is 13.6. The van der Waals surface area contributed by atoms with Crippen LogP contribution < -0.4 is 15.4 Å². The van der Waals surface area contributed by atoms with Crippen molar-refractivity contribution in [1.29, 1.82) is 0 Å². The minimum atomic E-state index is -0.591. The SMILES string of the molecule is Fc1ccc(C2CCc3c4nc(nc32)Nc2ccc(-n3cnc(Cl)c3)c(c2)OCCCCN4)c(F)c1. The Morgan fingerprint density at radius 2 is 2.00 bits per heavy atom. The van der Waals surface area contributed by atoms with Crippen LogP contribution in [0.1, 0.15) is 42.0 Å². The highest BCUT2D eigenvalue weighted by atomic mass is 35.5. The molecule has 0 saturated carbocycles. The number of fused-ring (bicyclic) bond motifs is 6. The third-order valence-electron chi connectivity index (χ3n) is 6.56. The van der Waals surface area contributed by atoms with E-state index in [4.69, 9.17) is 26.3 Å². The molecule has 184 valence electrons. The van der Waals surface area contributed by atoms with Gasteiger partial charge in [-0.15, -0.1) is 0 Å². The van der Waals surface area contributed by atoms with E-state index in [9.17, 15) is 8.78 Å². The molecule has 2 N–H and O–H groups in total. The molecule has 2 aromatic heterocycles. The molecule has 0 fully saturated rings. The van der Waals surface area contributed by atoms with Gasteiger partial charge in [-0.2, -0.15) is 4.98 Å². The monoisotopic (exact) mass is 508 g/mol. The van der Waals surface area contributed by atoms with Crippen molar-refractivity contribution >= 4 is 29.1 Å². The number of hydrogen-bond acceptors (Lipinski definition) is 6. The first-order valence-electron chi connectivity index (χ1n) is 11.9. The molecule has 4 aromatic rings. The minimum Gasteiger partial charge on any atom is -0.491 e. The van der Waals surface area contributed by atoms with Gasteiger partial charge >= 0.3 is 0 Å². The van der Waals surface area contributed by atoms with Gasteiger partial charge in [-0.05, 0) is 49.4 Å². The molecule has 0 radical (unpaired) electrons. The molecular weight excluding hydrogens is 486 g/mol. The number of rotatable bonds is 2. The Kier molecular flexibility index (Phi) is 5.92.